The average molecular weight is 271 g/mol. The normalized spacial score (nSPS) is 12.6. The van der Waals surface area contributed by atoms with Crippen molar-refractivity contribution in [2.24, 2.45) is 5.41 Å². The first-order valence-electron chi connectivity index (χ1n) is 5.89. The minimum atomic E-state index is -0.324. The van der Waals surface area contributed by atoms with E-state index in [4.69, 9.17) is 5.11 Å². The molecule has 0 aromatic carbocycles. The second-order valence-electron chi connectivity index (χ2n) is 6.21. The van der Waals surface area contributed by atoms with Crippen LogP contribution in [-0.4, -0.2) is 33.8 Å². The van der Waals surface area contributed by atoms with Gasteiger partial charge in [0.05, 0.1) is 5.69 Å². The summed E-state index contributed by atoms with van der Waals surface area (Å²) in [7, 11) is 0. The molecule has 1 aromatic heterocycles. The van der Waals surface area contributed by atoms with Gasteiger partial charge in [-0.15, -0.1) is 5.10 Å². The number of amides is 1. The quantitative estimate of drug-likeness (QED) is 0.872. The lowest BCUT2D eigenvalue weighted by molar-refractivity contribution is 0.0912. The average Bonchev–Trinajstić information content (AvgIpc) is 2.74. The Labute approximate surface area is 112 Å². The maximum absolute atomic E-state index is 12.1. The van der Waals surface area contributed by atoms with E-state index in [1.807, 2.05) is 34.6 Å². The predicted octanol–water partition coefficient (Wildman–Crippen LogP) is 1.58. The number of nitrogens with one attached hydrogen (secondary N) is 1. The molecule has 5 nitrogen and oxygen atoms in total. The number of carbonyl (C=O) groups excluding carboxylic acids is 1. The molecule has 0 aliphatic heterocycles. The number of carbonyl (C=O) groups is 1. The first kappa shape index (κ1) is 15.0. The molecule has 102 valence electrons. The van der Waals surface area contributed by atoms with E-state index in [9.17, 15) is 4.79 Å². The summed E-state index contributed by atoms with van der Waals surface area (Å²) in [6.07, 6.45) is 0. The molecule has 0 bridgehead atoms. The molecule has 1 aromatic rings. The van der Waals surface area contributed by atoms with Crippen LogP contribution < -0.4 is 5.32 Å². The molecule has 1 heterocycles. The molecule has 0 saturated heterocycles. The minimum absolute atomic E-state index is 0.0281. The highest BCUT2D eigenvalue weighted by molar-refractivity contribution is 7.08. The lowest BCUT2D eigenvalue weighted by atomic mass is 9.91. The fraction of sp³-hybridized carbons (Fsp3) is 0.750. The molecule has 6 heteroatoms. The maximum Gasteiger partial charge on any atom is 0.264 e. The van der Waals surface area contributed by atoms with Crippen molar-refractivity contribution >= 4 is 17.4 Å². The van der Waals surface area contributed by atoms with Gasteiger partial charge < -0.3 is 10.4 Å². The molecule has 0 radical (unpaired) electrons. The highest BCUT2D eigenvalue weighted by atomic mass is 32.1. The molecule has 0 saturated carbocycles. The number of aliphatic hydroxyl groups is 1. The third-order valence-corrected chi connectivity index (χ3v) is 3.28. The Hall–Kier alpha value is -1.01. The van der Waals surface area contributed by atoms with Gasteiger partial charge in [-0.1, -0.05) is 39.1 Å². The monoisotopic (exact) mass is 271 g/mol. The summed E-state index contributed by atoms with van der Waals surface area (Å²) in [5.74, 6) is -0.170. The predicted molar refractivity (Wildman–Crippen MR) is 71.8 cm³/mol. The van der Waals surface area contributed by atoms with E-state index >= 15 is 0 Å². The Morgan fingerprint density at radius 2 is 1.94 bits per heavy atom. The molecule has 1 amide bonds. The van der Waals surface area contributed by atoms with Crippen molar-refractivity contribution in [2.75, 3.05) is 13.2 Å². The lowest BCUT2D eigenvalue weighted by Gasteiger charge is -2.22. The van der Waals surface area contributed by atoms with Crippen LogP contribution in [-0.2, 0) is 5.41 Å². The standard InChI is InChI=1S/C12H21N3O2S/c1-11(2,3)9-8(18-15-14-9)10(17)13-6-12(4,5)7-16/h16H,6-7H2,1-5H3,(H,13,17). The van der Waals surface area contributed by atoms with Gasteiger partial charge in [-0.2, -0.15) is 0 Å². The topological polar surface area (TPSA) is 75.1 Å². The fourth-order valence-corrected chi connectivity index (χ4v) is 2.08. The van der Waals surface area contributed by atoms with Gasteiger partial charge >= 0.3 is 0 Å². The maximum atomic E-state index is 12.1. The Morgan fingerprint density at radius 1 is 1.33 bits per heavy atom. The minimum Gasteiger partial charge on any atom is -0.396 e. The van der Waals surface area contributed by atoms with Gasteiger partial charge in [0.1, 0.15) is 4.88 Å². The zero-order valence-corrected chi connectivity index (χ0v) is 12.4. The number of hydrogen-bond acceptors (Lipinski definition) is 5. The van der Waals surface area contributed by atoms with Crippen LogP contribution in [0.3, 0.4) is 0 Å². The zero-order valence-electron chi connectivity index (χ0n) is 11.6. The van der Waals surface area contributed by atoms with Crippen molar-refractivity contribution in [3.8, 4) is 0 Å². The number of nitrogens with zero attached hydrogens (tertiary/aromatic N) is 2. The third-order valence-electron chi connectivity index (χ3n) is 2.56. The summed E-state index contributed by atoms with van der Waals surface area (Å²) in [5, 5.41) is 16.0. The lowest BCUT2D eigenvalue weighted by Crippen LogP contribution is -2.36. The molecule has 0 atom stereocenters. The number of rotatable bonds is 4. The van der Waals surface area contributed by atoms with Crippen LogP contribution in [0.2, 0.25) is 0 Å². The summed E-state index contributed by atoms with van der Waals surface area (Å²) in [6, 6.07) is 0. The Balaban J connectivity index is 2.78. The van der Waals surface area contributed by atoms with Crippen molar-refractivity contribution < 1.29 is 9.90 Å². The van der Waals surface area contributed by atoms with Gasteiger partial charge in [-0.3, -0.25) is 4.79 Å². The van der Waals surface area contributed by atoms with Crippen LogP contribution in [0, 0.1) is 5.41 Å². The first-order valence-corrected chi connectivity index (χ1v) is 6.66. The second-order valence-corrected chi connectivity index (χ2v) is 6.96. The van der Waals surface area contributed by atoms with Crippen molar-refractivity contribution in [1.29, 1.82) is 0 Å². The van der Waals surface area contributed by atoms with Crippen LogP contribution in [0.1, 0.15) is 50.0 Å². The molecule has 0 unspecified atom stereocenters. The third kappa shape index (κ3) is 3.74. The number of aliphatic hydroxyl groups excluding tert-OH is 1. The van der Waals surface area contributed by atoms with Crippen LogP contribution in [0.5, 0.6) is 0 Å². The highest BCUT2D eigenvalue weighted by Gasteiger charge is 2.27. The fourth-order valence-electron chi connectivity index (χ4n) is 1.29. The first-order chi connectivity index (χ1) is 8.17. The summed E-state index contributed by atoms with van der Waals surface area (Å²) >= 11 is 1.11. The van der Waals surface area contributed by atoms with E-state index in [0.29, 0.717) is 17.1 Å². The summed E-state index contributed by atoms with van der Waals surface area (Å²) in [5.41, 5.74) is 0.189. The Kier molecular flexibility index (Phi) is 4.45. The summed E-state index contributed by atoms with van der Waals surface area (Å²) in [4.78, 5) is 12.6. The largest absolute Gasteiger partial charge is 0.396 e. The van der Waals surface area contributed by atoms with Gasteiger partial charge in [-0.25, -0.2) is 0 Å². The Bertz CT molecular complexity index is 421. The SMILES string of the molecule is CC(C)(CO)CNC(=O)c1snnc1C(C)(C)C. The van der Waals surface area contributed by atoms with Gasteiger partial charge in [-0.05, 0) is 11.5 Å². The molecule has 1 rings (SSSR count). The van der Waals surface area contributed by atoms with Crippen LogP contribution in [0.25, 0.3) is 0 Å². The molecule has 0 aliphatic rings. The molecule has 18 heavy (non-hydrogen) atoms. The zero-order chi connectivity index (χ0) is 14.0. The van der Waals surface area contributed by atoms with Gasteiger partial charge in [0, 0.05) is 24.0 Å². The van der Waals surface area contributed by atoms with Crippen molar-refractivity contribution in [2.45, 2.75) is 40.0 Å². The Morgan fingerprint density at radius 3 is 2.44 bits per heavy atom. The summed E-state index contributed by atoms with van der Waals surface area (Å²) in [6.45, 7) is 10.2. The summed E-state index contributed by atoms with van der Waals surface area (Å²) < 4.78 is 3.86. The molecule has 2 N–H and O–H groups in total. The van der Waals surface area contributed by atoms with Crippen LogP contribution in [0.15, 0.2) is 0 Å². The second kappa shape index (κ2) is 5.32. The van der Waals surface area contributed by atoms with Gasteiger partial charge in [0.2, 0.25) is 0 Å². The molecule has 0 spiro atoms. The van der Waals surface area contributed by atoms with Gasteiger partial charge in [0.15, 0.2) is 0 Å². The molecule has 0 fully saturated rings. The molecular weight excluding hydrogens is 250 g/mol. The molecule has 0 aliphatic carbocycles. The number of hydrogen-bond donors (Lipinski definition) is 2. The van der Waals surface area contributed by atoms with Gasteiger partial charge in [0.25, 0.3) is 5.91 Å². The van der Waals surface area contributed by atoms with Crippen molar-refractivity contribution in [1.82, 2.24) is 14.9 Å². The van der Waals surface area contributed by atoms with E-state index in [1.165, 1.54) is 0 Å². The number of aromatic nitrogens is 2. The van der Waals surface area contributed by atoms with E-state index in [2.05, 4.69) is 14.9 Å². The smallest absolute Gasteiger partial charge is 0.264 e. The highest BCUT2D eigenvalue weighted by Crippen LogP contribution is 2.25. The van der Waals surface area contributed by atoms with Crippen LogP contribution >= 0.6 is 11.5 Å². The van der Waals surface area contributed by atoms with Crippen molar-refractivity contribution in [3.05, 3.63) is 10.6 Å². The van der Waals surface area contributed by atoms with Crippen molar-refractivity contribution in [3.63, 3.8) is 0 Å². The van der Waals surface area contributed by atoms with E-state index in [1.54, 1.807) is 0 Å². The molecular formula is C12H21N3O2S. The van der Waals surface area contributed by atoms with E-state index in [-0.39, 0.29) is 23.3 Å². The van der Waals surface area contributed by atoms with E-state index < -0.39 is 0 Å². The van der Waals surface area contributed by atoms with E-state index in [0.717, 1.165) is 11.5 Å². The van der Waals surface area contributed by atoms with Crippen LogP contribution in [0.4, 0.5) is 0 Å².